The predicted octanol–water partition coefficient (Wildman–Crippen LogP) is 16.8. The van der Waals surface area contributed by atoms with E-state index in [2.05, 4.69) is 267 Å². The number of anilines is 3. The molecule has 1 nitrogen and oxygen atoms in total. The van der Waals surface area contributed by atoms with Crippen LogP contribution < -0.4 is 4.90 Å². The minimum Gasteiger partial charge on any atom is -0.310 e. The third-order valence-electron chi connectivity index (χ3n) is 14.2. The lowest BCUT2D eigenvalue weighted by atomic mass is 9.66. The zero-order valence-electron chi connectivity index (χ0n) is 36.6. The van der Waals surface area contributed by atoms with Gasteiger partial charge in [-0.25, -0.2) is 0 Å². The summed E-state index contributed by atoms with van der Waals surface area (Å²) < 4.78 is 0. The minimum absolute atomic E-state index is 0.326. The van der Waals surface area contributed by atoms with Crippen LogP contribution in [0.25, 0.3) is 55.6 Å². The highest BCUT2D eigenvalue weighted by Crippen LogP contribution is 2.64. The Labute approximate surface area is 382 Å². The SMILES string of the molecule is CC1(C)c2cc(N(c3ccc(-c4ccccc4)cc3)c3ccc(-c4ccccc4)cc3)ccc2-c2c1cc1c(c2-c2ccccc2)-c2ccccc2C1(c1ccccc1)c1ccccc1. The number of fused-ring (bicyclic) bond motifs is 6. The third kappa shape index (κ3) is 6.07. The van der Waals surface area contributed by atoms with Gasteiger partial charge in [0, 0.05) is 22.5 Å². The highest BCUT2D eigenvalue weighted by Gasteiger charge is 2.50. The van der Waals surface area contributed by atoms with Crippen molar-refractivity contribution in [3.05, 3.63) is 282 Å². The molecule has 0 saturated carbocycles. The summed E-state index contributed by atoms with van der Waals surface area (Å²) in [5.74, 6) is 0. The van der Waals surface area contributed by atoms with Gasteiger partial charge in [0.2, 0.25) is 0 Å². The van der Waals surface area contributed by atoms with Gasteiger partial charge in [-0.05, 0) is 125 Å². The second-order valence-electron chi connectivity index (χ2n) is 18.0. The summed E-state index contributed by atoms with van der Waals surface area (Å²) in [5, 5.41) is 0. The Kier molecular flexibility index (Phi) is 9.14. The Bertz CT molecular complexity index is 3210. The first-order chi connectivity index (χ1) is 32.0. The number of nitrogens with zero attached hydrogens (tertiary/aromatic N) is 1. The summed E-state index contributed by atoms with van der Waals surface area (Å²) in [5.41, 5.74) is 23.0. The van der Waals surface area contributed by atoms with Gasteiger partial charge in [-0.3, -0.25) is 0 Å². The largest absolute Gasteiger partial charge is 0.310 e. The fourth-order valence-electron chi connectivity index (χ4n) is 11.1. The van der Waals surface area contributed by atoms with E-state index < -0.39 is 5.41 Å². The minimum atomic E-state index is -0.516. The molecule has 0 heterocycles. The summed E-state index contributed by atoms with van der Waals surface area (Å²) in [7, 11) is 0. The summed E-state index contributed by atoms with van der Waals surface area (Å²) in [6.45, 7) is 4.87. The van der Waals surface area contributed by atoms with Crippen LogP contribution >= 0.6 is 0 Å². The molecule has 12 rings (SSSR count). The van der Waals surface area contributed by atoms with Crippen molar-refractivity contribution in [3.8, 4) is 55.6 Å². The average Bonchev–Trinajstić information content (AvgIpc) is 3.80. The molecule has 0 unspecified atom stereocenters. The summed E-state index contributed by atoms with van der Waals surface area (Å²) in [4.78, 5) is 2.42. The van der Waals surface area contributed by atoms with Gasteiger partial charge < -0.3 is 4.90 Å². The molecule has 0 atom stereocenters. The van der Waals surface area contributed by atoms with E-state index in [1.165, 1.54) is 89.0 Å². The predicted molar refractivity (Wildman–Crippen MR) is 272 cm³/mol. The van der Waals surface area contributed by atoms with Crippen molar-refractivity contribution in [2.45, 2.75) is 24.7 Å². The topological polar surface area (TPSA) is 3.24 Å². The first kappa shape index (κ1) is 38.7. The van der Waals surface area contributed by atoms with Crippen LogP contribution in [0.15, 0.2) is 249 Å². The zero-order chi connectivity index (χ0) is 43.5. The van der Waals surface area contributed by atoms with Crippen LogP contribution in [0.3, 0.4) is 0 Å². The molecule has 0 aliphatic heterocycles. The van der Waals surface area contributed by atoms with Gasteiger partial charge in [0.15, 0.2) is 0 Å². The van der Waals surface area contributed by atoms with Crippen molar-refractivity contribution in [1.29, 1.82) is 0 Å². The van der Waals surface area contributed by atoms with Gasteiger partial charge in [0.1, 0.15) is 0 Å². The van der Waals surface area contributed by atoms with Crippen molar-refractivity contribution in [3.63, 3.8) is 0 Å². The maximum Gasteiger partial charge on any atom is 0.0713 e. The van der Waals surface area contributed by atoms with E-state index in [1.54, 1.807) is 0 Å². The van der Waals surface area contributed by atoms with Gasteiger partial charge in [-0.2, -0.15) is 0 Å². The molecule has 1 heteroatoms. The lowest BCUT2D eigenvalue weighted by Gasteiger charge is -2.35. The molecule has 308 valence electrons. The quantitative estimate of drug-likeness (QED) is 0.147. The smallest absolute Gasteiger partial charge is 0.0713 e. The maximum absolute atomic E-state index is 2.60. The molecule has 2 aliphatic carbocycles. The van der Waals surface area contributed by atoms with Crippen LogP contribution in [0, 0.1) is 0 Å². The van der Waals surface area contributed by atoms with Crippen LogP contribution in [0.1, 0.15) is 47.2 Å². The Balaban J connectivity index is 1.09. The van der Waals surface area contributed by atoms with Crippen LogP contribution in [-0.4, -0.2) is 0 Å². The second-order valence-corrected chi connectivity index (χ2v) is 18.0. The standard InChI is InChI=1S/C64H47N/c1-63(2)57-42-53(65(51-36-32-46(33-37-51)44-20-8-3-9-21-44)52-38-34-47(35-39-52)45-22-10-4-11-23-45)40-41-55(57)61-58(63)43-59-62(60(61)48-24-12-5-13-25-48)54-30-18-19-31-56(54)64(59,49-26-14-6-15-27-49)50-28-16-7-17-29-50/h3-43H,1-2H3. The molecule has 0 fully saturated rings. The lowest BCUT2D eigenvalue weighted by molar-refractivity contribution is 0.656. The highest BCUT2D eigenvalue weighted by atomic mass is 15.1. The van der Waals surface area contributed by atoms with E-state index in [0.29, 0.717) is 0 Å². The molecular weight excluding hydrogens is 783 g/mol. The molecule has 10 aromatic rings. The number of rotatable bonds is 8. The molecule has 65 heavy (non-hydrogen) atoms. The van der Waals surface area contributed by atoms with Crippen molar-refractivity contribution in [1.82, 2.24) is 0 Å². The molecule has 2 aliphatic rings. The molecule has 0 radical (unpaired) electrons. The van der Waals surface area contributed by atoms with E-state index in [-0.39, 0.29) is 5.41 Å². The number of hydrogen-bond donors (Lipinski definition) is 0. The van der Waals surface area contributed by atoms with Crippen LogP contribution in [-0.2, 0) is 10.8 Å². The summed E-state index contributed by atoms with van der Waals surface area (Å²) >= 11 is 0. The van der Waals surface area contributed by atoms with Gasteiger partial charge in [-0.1, -0.05) is 226 Å². The van der Waals surface area contributed by atoms with Crippen molar-refractivity contribution >= 4 is 17.1 Å². The molecule has 0 spiro atoms. The summed E-state index contributed by atoms with van der Waals surface area (Å²) in [6.07, 6.45) is 0. The van der Waals surface area contributed by atoms with Crippen LogP contribution in [0.5, 0.6) is 0 Å². The third-order valence-corrected chi connectivity index (χ3v) is 14.2. The average molecular weight is 830 g/mol. The molecule has 0 bridgehead atoms. The Hall–Kier alpha value is -8.00. The Morgan fingerprint density at radius 2 is 0.677 bits per heavy atom. The first-order valence-electron chi connectivity index (χ1n) is 22.8. The molecule has 10 aromatic carbocycles. The van der Waals surface area contributed by atoms with Gasteiger partial charge in [0.25, 0.3) is 0 Å². The molecule has 0 aromatic heterocycles. The van der Waals surface area contributed by atoms with E-state index in [1.807, 2.05) is 0 Å². The van der Waals surface area contributed by atoms with Crippen molar-refractivity contribution < 1.29 is 0 Å². The molecule has 0 saturated heterocycles. The van der Waals surface area contributed by atoms with Gasteiger partial charge in [0.05, 0.1) is 5.41 Å². The number of benzene rings is 10. The van der Waals surface area contributed by atoms with E-state index >= 15 is 0 Å². The normalized spacial score (nSPS) is 13.6. The fourth-order valence-corrected chi connectivity index (χ4v) is 11.1. The highest BCUT2D eigenvalue weighted by molar-refractivity contribution is 6.05. The van der Waals surface area contributed by atoms with Crippen molar-refractivity contribution in [2.24, 2.45) is 0 Å². The van der Waals surface area contributed by atoms with E-state index in [9.17, 15) is 0 Å². The monoisotopic (exact) mass is 829 g/mol. The van der Waals surface area contributed by atoms with Crippen LogP contribution in [0.2, 0.25) is 0 Å². The zero-order valence-corrected chi connectivity index (χ0v) is 36.6. The van der Waals surface area contributed by atoms with E-state index in [0.717, 1.165) is 17.1 Å². The summed E-state index contributed by atoms with van der Waals surface area (Å²) in [6, 6.07) is 91.8. The molecule has 0 amide bonds. The second kappa shape index (κ2) is 15.4. The Morgan fingerprint density at radius 1 is 0.277 bits per heavy atom. The maximum atomic E-state index is 2.60. The first-order valence-corrected chi connectivity index (χ1v) is 22.8. The van der Waals surface area contributed by atoms with Gasteiger partial charge in [-0.15, -0.1) is 0 Å². The van der Waals surface area contributed by atoms with E-state index in [4.69, 9.17) is 0 Å². The fraction of sp³-hybridized carbons (Fsp3) is 0.0625. The number of hydrogen-bond acceptors (Lipinski definition) is 1. The van der Waals surface area contributed by atoms with Gasteiger partial charge >= 0.3 is 0 Å². The lowest BCUT2D eigenvalue weighted by Crippen LogP contribution is -2.29. The Morgan fingerprint density at radius 3 is 1.20 bits per heavy atom. The van der Waals surface area contributed by atoms with Crippen molar-refractivity contribution in [2.75, 3.05) is 4.90 Å². The van der Waals surface area contributed by atoms with Crippen LogP contribution in [0.4, 0.5) is 17.1 Å². The molecule has 0 N–H and O–H groups in total. The molecular formula is C64H47N.